The number of nitrogens with two attached hydrogens (primary N) is 1. The molecule has 15 heavy (non-hydrogen) atoms. The van der Waals surface area contributed by atoms with Gasteiger partial charge in [-0.1, -0.05) is 18.2 Å². The predicted molar refractivity (Wildman–Crippen MR) is 56.6 cm³/mol. The molecular formula is C11H15NO3. The van der Waals surface area contributed by atoms with E-state index >= 15 is 0 Å². The van der Waals surface area contributed by atoms with Crippen LogP contribution in [0.15, 0.2) is 30.3 Å². The summed E-state index contributed by atoms with van der Waals surface area (Å²) in [5, 5.41) is 0. The minimum absolute atomic E-state index is 0.258. The van der Waals surface area contributed by atoms with Crippen molar-refractivity contribution in [2.24, 2.45) is 5.73 Å². The van der Waals surface area contributed by atoms with Gasteiger partial charge in [-0.2, -0.15) is 0 Å². The molecule has 0 unspecified atom stereocenters. The molecule has 1 rings (SSSR count). The van der Waals surface area contributed by atoms with E-state index in [1.54, 1.807) is 24.3 Å². The summed E-state index contributed by atoms with van der Waals surface area (Å²) in [7, 11) is 0. The summed E-state index contributed by atoms with van der Waals surface area (Å²) in [5.74, 6) is -0.327. The second-order valence-electron chi connectivity index (χ2n) is 2.90. The molecule has 0 atom stereocenters. The van der Waals surface area contributed by atoms with Crippen molar-refractivity contribution in [2.45, 2.75) is 0 Å². The average molecular weight is 209 g/mol. The van der Waals surface area contributed by atoms with Crippen molar-refractivity contribution in [1.82, 2.24) is 0 Å². The Hall–Kier alpha value is -1.39. The Labute approximate surface area is 89.0 Å². The molecule has 0 saturated heterocycles. The van der Waals surface area contributed by atoms with Crippen molar-refractivity contribution >= 4 is 5.97 Å². The molecule has 4 nitrogen and oxygen atoms in total. The van der Waals surface area contributed by atoms with Crippen LogP contribution in [-0.2, 0) is 9.47 Å². The average Bonchev–Trinajstić information content (AvgIpc) is 2.30. The predicted octanol–water partition coefficient (Wildman–Crippen LogP) is 0.819. The van der Waals surface area contributed by atoms with E-state index in [4.69, 9.17) is 15.2 Å². The Morgan fingerprint density at radius 3 is 2.53 bits per heavy atom. The van der Waals surface area contributed by atoms with Crippen LogP contribution in [0.4, 0.5) is 0 Å². The highest BCUT2D eigenvalue weighted by Crippen LogP contribution is 2.00. The van der Waals surface area contributed by atoms with Gasteiger partial charge in [0.05, 0.1) is 18.8 Å². The van der Waals surface area contributed by atoms with Gasteiger partial charge in [0, 0.05) is 6.54 Å². The number of hydrogen-bond donors (Lipinski definition) is 1. The molecule has 0 spiro atoms. The first kappa shape index (κ1) is 11.7. The molecule has 0 aliphatic heterocycles. The van der Waals surface area contributed by atoms with E-state index in [0.717, 1.165) is 0 Å². The molecule has 0 saturated carbocycles. The van der Waals surface area contributed by atoms with Gasteiger partial charge in [0.2, 0.25) is 0 Å². The van der Waals surface area contributed by atoms with Gasteiger partial charge in [0.1, 0.15) is 6.61 Å². The fraction of sp³-hybridized carbons (Fsp3) is 0.364. The number of ether oxygens (including phenoxy) is 2. The summed E-state index contributed by atoms with van der Waals surface area (Å²) in [6.07, 6.45) is 0. The Bertz CT molecular complexity index is 287. The van der Waals surface area contributed by atoms with Gasteiger partial charge in [0.25, 0.3) is 0 Å². The molecule has 0 radical (unpaired) electrons. The molecule has 0 amide bonds. The van der Waals surface area contributed by atoms with Gasteiger partial charge in [-0.05, 0) is 12.1 Å². The van der Waals surface area contributed by atoms with Crippen LogP contribution in [0.3, 0.4) is 0 Å². The summed E-state index contributed by atoms with van der Waals surface area (Å²) in [6.45, 7) is 1.61. The number of carbonyl (C=O) groups excluding carboxylic acids is 1. The molecule has 0 aromatic heterocycles. The van der Waals surface area contributed by atoms with Crippen LogP contribution >= 0.6 is 0 Å². The molecule has 4 heteroatoms. The number of hydrogen-bond acceptors (Lipinski definition) is 4. The summed E-state index contributed by atoms with van der Waals surface area (Å²) >= 11 is 0. The second kappa shape index (κ2) is 6.98. The molecular weight excluding hydrogens is 194 g/mol. The Morgan fingerprint density at radius 2 is 1.87 bits per heavy atom. The van der Waals surface area contributed by atoms with E-state index in [2.05, 4.69) is 0 Å². The van der Waals surface area contributed by atoms with E-state index in [0.29, 0.717) is 25.3 Å². The molecule has 1 aromatic carbocycles. The molecule has 0 heterocycles. The van der Waals surface area contributed by atoms with Gasteiger partial charge < -0.3 is 15.2 Å². The first-order chi connectivity index (χ1) is 7.34. The van der Waals surface area contributed by atoms with Gasteiger partial charge in [-0.15, -0.1) is 0 Å². The van der Waals surface area contributed by atoms with Crippen molar-refractivity contribution < 1.29 is 14.3 Å². The lowest BCUT2D eigenvalue weighted by Gasteiger charge is -2.04. The second-order valence-corrected chi connectivity index (χ2v) is 2.90. The Balaban J connectivity index is 2.20. The smallest absolute Gasteiger partial charge is 0.338 e. The zero-order valence-corrected chi connectivity index (χ0v) is 8.52. The van der Waals surface area contributed by atoms with Crippen LogP contribution in [-0.4, -0.2) is 32.3 Å². The first-order valence-corrected chi connectivity index (χ1v) is 4.84. The SMILES string of the molecule is NCCOCCOC(=O)c1ccccc1. The van der Waals surface area contributed by atoms with Gasteiger partial charge >= 0.3 is 5.97 Å². The van der Waals surface area contributed by atoms with Crippen LogP contribution < -0.4 is 5.73 Å². The van der Waals surface area contributed by atoms with Crippen molar-refractivity contribution in [2.75, 3.05) is 26.4 Å². The van der Waals surface area contributed by atoms with Crippen molar-refractivity contribution in [3.8, 4) is 0 Å². The third kappa shape index (κ3) is 4.58. The van der Waals surface area contributed by atoms with Gasteiger partial charge in [-0.25, -0.2) is 4.79 Å². The molecule has 2 N–H and O–H groups in total. The van der Waals surface area contributed by atoms with E-state index in [9.17, 15) is 4.79 Å². The van der Waals surface area contributed by atoms with E-state index < -0.39 is 0 Å². The van der Waals surface area contributed by atoms with Crippen molar-refractivity contribution in [3.05, 3.63) is 35.9 Å². The number of carbonyl (C=O) groups is 1. The maximum Gasteiger partial charge on any atom is 0.338 e. The van der Waals surface area contributed by atoms with Crippen molar-refractivity contribution in [1.29, 1.82) is 0 Å². The topological polar surface area (TPSA) is 61.6 Å². The third-order valence-electron chi connectivity index (χ3n) is 1.73. The molecule has 0 aliphatic carbocycles. The van der Waals surface area contributed by atoms with E-state index in [1.807, 2.05) is 6.07 Å². The lowest BCUT2D eigenvalue weighted by molar-refractivity contribution is 0.0328. The van der Waals surface area contributed by atoms with Gasteiger partial charge in [-0.3, -0.25) is 0 Å². The standard InChI is InChI=1S/C11H15NO3/c12-6-7-14-8-9-15-11(13)10-4-2-1-3-5-10/h1-5H,6-9,12H2. The highest BCUT2D eigenvalue weighted by molar-refractivity contribution is 5.89. The fourth-order valence-corrected chi connectivity index (χ4v) is 1.04. The molecule has 0 bridgehead atoms. The minimum atomic E-state index is -0.327. The maximum absolute atomic E-state index is 11.4. The Morgan fingerprint density at radius 1 is 1.13 bits per heavy atom. The van der Waals surface area contributed by atoms with Crippen LogP contribution in [0.2, 0.25) is 0 Å². The number of esters is 1. The van der Waals surface area contributed by atoms with Crippen LogP contribution in [0, 0.1) is 0 Å². The highest BCUT2D eigenvalue weighted by atomic mass is 16.6. The van der Waals surface area contributed by atoms with Crippen LogP contribution in [0.1, 0.15) is 10.4 Å². The number of benzene rings is 1. The van der Waals surface area contributed by atoms with Crippen LogP contribution in [0.25, 0.3) is 0 Å². The lowest BCUT2D eigenvalue weighted by atomic mass is 10.2. The summed E-state index contributed by atoms with van der Waals surface area (Å²) in [4.78, 5) is 11.4. The lowest BCUT2D eigenvalue weighted by Crippen LogP contribution is -2.14. The largest absolute Gasteiger partial charge is 0.460 e. The highest BCUT2D eigenvalue weighted by Gasteiger charge is 2.04. The maximum atomic E-state index is 11.4. The molecule has 0 fully saturated rings. The Kier molecular flexibility index (Phi) is 5.43. The molecule has 1 aromatic rings. The fourth-order valence-electron chi connectivity index (χ4n) is 1.04. The monoisotopic (exact) mass is 209 g/mol. The normalized spacial score (nSPS) is 9.93. The quantitative estimate of drug-likeness (QED) is 0.556. The molecule has 0 aliphatic rings. The zero-order valence-electron chi connectivity index (χ0n) is 8.52. The summed E-state index contributed by atoms with van der Waals surface area (Å²) < 4.78 is 10.0. The molecule has 82 valence electrons. The number of rotatable bonds is 6. The minimum Gasteiger partial charge on any atom is -0.460 e. The first-order valence-electron chi connectivity index (χ1n) is 4.84. The van der Waals surface area contributed by atoms with E-state index in [1.165, 1.54) is 0 Å². The third-order valence-corrected chi connectivity index (χ3v) is 1.73. The zero-order chi connectivity index (χ0) is 10.9. The van der Waals surface area contributed by atoms with Gasteiger partial charge in [0.15, 0.2) is 0 Å². The van der Waals surface area contributed by atoms with E-state index in [-0.39, 0.29) is 12.6 Å². The summed E-state index contributed by atoms with van der Waals surface area (Å²) in [5.41, 5.74) is 5.78. The summed E-state index contributed by atoms with van der Waals surface area (Å²) in [6, 6.07) is 8.86. The van der Waals surface area contributed by atoms with Crippen LogP contribution in [0.5, 0.6) is 0 Å². The van der Waals surface area contributed by atoms with Crippen molar-refractivity contribution in [3.63, 3.8) is 0 Å².